The number of hydrogen-bond acceptors (Lipinski definition) is 5. The molecular weight excluding hydrogens is 278 g/mol. The van der Waals surface area contributed by atoms with E-state index in [4.69, 9.17) is 0 Å². The van der Waals surface area contributed by atoms with Gasteiger partial charge in [0.05, 0.1) is 25.3 Å². The third kappa shape index (κ3) is 2.56. The molecule has 1 amide bonds. The van der Waals surface area contributed by atoms with Gasteiger partial charge < -0.3 is 15.1 Å². The van der Waals surface area contributed by atoms with Crippen LogP contribution in [0, 0.1) is 0 Å². The van der Waals surface area contributed by atoms with Crippen molar-refractivity contribution in [2.24, 2.45) is 0 Å². The first kappa shape index (κ1) is 13.5. The number of piperidine rings is 1. The van der Waals surface area contributed by atoms with Crippen molar-refractivity contribution in [2.75, 3.05) is 19.7 Å². The molecule has 3 heterocycles. The maximum Gasteiger partial charge on any atom is 0.228 e. The fraction of sp³-hybridized carbons (Fsp3) is 0.538. The summed E-state index contributed by atoms with van der Waals surface area (Å²) in [7, 11) is 0. The summed E-state index contributed by atoms with van der Waals surface area (Å²) in [4.78, 5) is 19.1. The molecule has 20 heavy (non-hydrogen) atoms. The fourth-order valence-electron chi connectivity index (χ4n) is 2.58. The van der Waals surface area contributed by atoms with Crippen LogP contribution in [0.15, 0.2) is 17.8 Å². The highest BCUT2D eigenvalue weighted by Crippen LogP contribution is 2.21. The standard InChI is InChI=1S/C13H17N3O3S/c17-9-13(19)2-1-3-16(8-13)11(18)6-10-7-15-4-5-20-12(15)14-10/h4-5,7,17,19H,1-3,6,8-9H2. The number of rotatable bonds is 3. The molecule has 6 nitrogen and oxygen atoms in total. The summed E-state index contributed by atoms with van der Waals surface area (Å²) in [6, 6.07) is 0. The Kier molecular flexibility index (Phi) is 3.49. The summed E-state index contributed by atoms with van der Waals surface area (Å²) in [6.45, 7) is 0.519. The number of amides is 1. The quantitative estimate of drug-likeness (QED) is 0.853. The molecule has 0 aliphatic carbocycles. The number of β-amino-alcohol motifs (C(OH)–C–C–N with tert-alkyl or cyclic N) is 1. The van der Waals surface area contributed by atoms with E-state index in [9.17, 15) is 15.0 Å². The van der Waals surface area contributed by atoms with Crippen LogP contribution < -0.4 is 0 Å². The van der Waals surface area contributed by atoms with Gasteiger partial charge >= 0.3 is 0 Å². The third-order valence-corrected chi connectivity index (χ3v) is 4.45. The van der Waals surface area contributed by atoms with Crippen LogP contribution >= 0.6 is 11.3 Å². The van der Waals surface area contributed by atoms with Gasteiger partial charge in [-0.1, -0.05) is 0 Å². The molecule has 1 aliphatic rings. The molecule has 1 atom stereocenters. The van der Waals surface area contributed by atoms with E-state index >= 15 is 0 Å². The summed E-state index contributed by atoms with van der Waals surface area (Å²) in [6.07, 6.45) is 5.24. The van der Waals surface area contributed by atoms with Crippen molar-refractivity contribution < 1.29 is 15.0 Å². The van der Waals surface area contributed by atoms with Crippen LogP contribution in [0.25, 0.3) is 4.96 Å². The molecule has 2 aromatic heterocycles. The van der Waals surface area contributed by atoms with Crippen LogP contribution in [0.2, 0.25) is 0 Å². The number of fused-ring (bicyclic) bond motifs is 1. The number of aliphatic hydroxyl groups excluding tert-OH is 1. The van der Waals surface area contributed by atoms with Crippen molar-refractivity contribution in [3.63, 3.8) is 0 Å². The van der Waals surface area contributed by atoms with E-state index in [1.165, 1.54) is 11.3 Å². The average molecular weight is 295 g/mol. The topological polar surface area (TPSA) is 78.1 Å². The second kappa shape index (κ2) is 5.16. The SMILES string of the molecule is O=C(Cc1cn2ccsc2n1)N1CCCC(O)(CO)C1. The zero-order valence-corrected chi connectivity index (χ0v) is 11.8. The highest BCUT2D eigenvalue weighted by Gasteiger charge is 2.34. The van der Waals surface area contributed by atoms with E-state index < -0.39 is 5.60 Å². The van der Waals surface area contributed by atoms with E-state index in [0.29, 0.717) is 19.4 Å². The Morgan fingerprint density at radius 3 is 3.15 bits per heavy atom. The van der Waals surface area contributed by atoms with Gasteiger partial charge in [0.2, 0.25) is 5.91 Å². The van der Waals surface area contributed by atoms with Gasteiger partial charge in [0.1, 0.15) is 5.60 Å². The molecule has 0 aromatic carbocycles. The van der Waals surface area contributed by atoms with Gasteiger partial charge in [-0.3, -0.25) is 9.20 Å². The maximum absolute atomic E-state index is 12.3. The number of carbonyl (C=O) groups excluding carboxylic acids is 1. The minimum absolute atomic E-state index is 0.0534. The van der Waals surface area contributed by atoms with E-state index in [2.05, 4.69) is 4.98 Å². The smallest absolute Gasteiger partial charge is 0.228 e. The van der Waals surface area contributed by atoms with Gasteiger partial charge in [-0.05, 0) is 12.8 Å². The second-order valence-corrected chi connectivity index (χ2v) is 6.18. The largest absolute Gasteiger partial charge is 0.393 e. The molecule has 3 rings (SSSR count). The number of likely N-dealkylation sites (tertiary alicyclic amines) is 1. The molecule has 2 aromatic rings. The predicted molar refractivity (Wildman–Crippen MR) is 74.6 cm³/mol. The molecule has 1 fully saturated rings. The molecule has 1 aliphatic heterocycles. The Bertz CT molecular complexity index is 595. The van der Waals surface area contributed by atoms with Crippen molar-refractivity contribution in [3.05, 3.63) is 23.5 Å². The van der Waals surface area contributed by atoms with Crippen LogP contribution in [0.4, 0.5) is 0 Å². The van der Waals surface area contributed by atoms with Gasteiger partial charge in [0.25, 0.3) is 0 Å². The summed E-state index contributed by atoms with van der Waals surface area (Å²) >= 11 is 1.53. The van der Waals surface area contributed by atoms with Crippen molar-refractivity contribution in [1.29, 1.82) is 0 Å². The van der Waals surface area contributed by atoms with Gasteiger partial charge in [-0.25, -0.2) is 4.98 Å². The normalized spacial score (nSPS) is 23.4. The van der Waals surface area contributed by atoms with Gasteiger partial charge in [-0.15, -0.1) is 11.3 Å². The third-order valence-electron chi connectivity index (χ3n) is 3.68. The van der Waals surface area contributed by atoms with E-state index in [1.807, 2.05) is 22.2 Å². The lowest BCUT2D eigenvalue weighted by Crippen LogP contribution is -2.52. The summed E-state index contributed by atoms with van der Waals surface area (Å²) in [5.41, 5.74) is -0.414. The van der Waals surface area contributed by atoms with E-state index in [-0.39, 0.29) is 25.5 Å². The van der Waals surface area contributed by atoms with Gasteiger partial charge in [-0.2, -0.15) is 0 Å². The molecule has 7 heteroatoms. The summed E-state index contributed by atoms with van der Waals surface area (Å²) < 4.78 is 1.90. The Morgan fingerprint density at radius 2 is 2.40 bits per heavy atom. The highest BCUT2D eigenvalue weighted by atomic mass is 32.1. The lowest BCUT2D eigenvalue weighted by molar-refractivity contribution is -0.140. The fourth-order valence-corrected chi connectivity index (χ4v) is 3.30. The molecule has 108 valence electrons. The molecular formula is C13H17N3O3S. The van der Waals surface area contributed by atoms with Gasteiger partial charge in [0, 0.05) is 24.3 Å². The molecule has 2 N–H and O–H groups in total. The maximum atomic E-state index is 12.3. The van der Waals surface area contributed by atoms with Crippen LogP contribution in [-0.2, 0) is 11.2 Å². The average Bonchev–Trinajstić information content (AvgIpc) is 2.99. The van der Waals surface area contributed by atoms with Crippen LogP contribution in [-0.4, -0.2) is 55.7 Å². The van der Waals surface area contributed by atoms with Crippen molar-refractivity contribution in [3.8, 4) is 0 Å². The van der Waals surface area contributed by atoms with Crippen molar-refractivity contribution in [2.45, 2.75) is 24.9 Å². The van der Waals surface area contributed by atoms with Crippen LogP contribution in [0.1, 0.15) is 18.5 Å². The Balaban J connectivity index is 1.68. The zero-order chi connectivity index (χ0) is 14.2. The minimum atomic E-state index is -1.15. The lowest BCUT2D eigenvalue weighted by Gasteiger charge is -2.38. The molecule has 0 spiro atoms. The molecule has 1 saturated heterocycles. The molecule has 0 radical (unpaired) electrons. The number of aliphatic hydroxyl groups is 2. The zero-order valence-electron chi connectivity index (χ0n) is 11.0. The molecule has 0 bridgehead atoms. The molecule has 1 unspecified atom stereocenters. The minimum Gasteiger partial charge on any atom is -0.393 e. The Labute approximate surface area is 120 Å². The van der Waals surface area contributed by atoms with E-state index in [1.54, 1.807) is 4.90 Å². The predicted octanol–water partition coefficient (Wildman–Crippen LogP) is 0.284. The first-order valence-corrected chi connectivity index (χ1v) is 7.50. The summed E-state index contributed by atoms with van der Waals surface area (Å²) in [5, 5.41) is 21.2. The van der Waals surface area contributed by atoms with Crippen molar-refractivity contribution in [1.82, 2.24) is 14.3 Å². The number of hydrogen-bond donors (Lipinski definition) is 2. The Hall–Kier alpha value is -1.44. The Morgan fingerprint density at radius 1 is 1.55 bits per heavy atom. The lowest BCUT2D eigenvalue weighted by atomic mass is 9.93. The first-order valence-electron chi connectivity index (χ1n) is 6.62. The van der Waals surface area contributed by atoms with Crippen LogP contribution in [0.5, 0.6) is 0 Å². The number of imidazole rings is 1. The van der Waals surface area contributed by atoms with Crippen LogP contribution in [0.3, 0.4) is 0 Å². The number of nitrogens with zero attached hydrogens (tertiary/aromatic N) is 3. The van der Waals surface area contributed by atoms with E-state index in [0.717, 1.165) is 10.7 Å². The first-order chi connectivity index (χ1) is 9.59. The van der Waals surface area contributed by atoms with Crippen molar-refractivity contribution >= 4 is 22.2 Å². The highest BCUT2D eigenvalue weighted by molar-refractivity contribution is 7.15. The second-order valence-electron chi connectivity index (χ2n) is 5.30. The monoisotopic (exact) mass is 295 g/mol. The number of aromatic nitrogens is 2. The molecule has 0 saturated carbocycles. The van der Waals surface area contributed by atoms with Gasteiger partial charge in [0.15, 0.2) is 4.96 Å². The number of carbonyl (C=O) groups is 1. The summed E-state index contributed by atoms with van der Waals surface area (Å²) in [5.74, 6) is -0.0534. The number of thiazole rings is 1.